The van der Waals surface area contributed by atoms with Crippen LogP contribution >= 0.6 is 24.0 Å². The molecule has 2 aliphatic rings. The number of guanidine groups is 1. The fourth-order valence-corrected chi connectivity index (χ4v) is 4.05. The Kier molecular flexibility index (Phi) is 9.46. The van der Waals surface area contributed by atoms with Crippen molar-refractivity contribution in [3.05, 3.63) is 11.6 Å². The van der Waals surface area contributed by atoms with E-state index in [4.69, 9.17) is 4.99 Å². The molecule has 1 aliphatic carbocycles. The zero-order valence-electron chi connectivity index (χ0n) is 17.9. The van der Waals surface area contributed by atoms with Crippen LogP contribution in [0.1, 0.15) is 70.4 Å². The first kappa shape index (κ1) is 23.4. The van der Waals surface area contributed by atoms with Crippen molar-refractivity contribution in [2.45, 2.75) is 83.8 Å². The third kappa shape index (κ3) is 6.30. The van der Waals surface area contributed by atoms with E-state index in [-0.39, 0.29) is 24.0 Å². The summed E-state index contributed by atoms with van der Waals surface area (Å²) >= 11 is 0. The van der Waals surface area contributed by atoms with Crippen molar-refractivity contribution >= 4 is 29.9 Å². The molecular weight excluding hydrogens is 465 g/mol. The number of aliphatic imine (C=N–C) groups is 1. The first-order valence-electron chi connectivity index (χ1n) is 10.8. The van der Waals surface area contributed by atoms with Crippen LogP contribution in [0.25, 0.3) is 0 Å². The fraction of sp³-hybridized carbons (Fsp3) is 0.850. The van der Waals surface area contributed by atoms with Crippen LogP contribution in [0.15, 0.2) is 4.99 Å². The van der Waals surface area contributed by atoms with Gasteiger partial charge in [-0.2, -0.15) is 5.10 Å². The number of hydrogen-bond acceptors (Lipinski definition) is 4. The molecule has 2 heterocycles. The highest BCUT2D eigenvalue weighted by atomic mass is 127. The van der Waals surface area contributed by atoms with Gasteiger partial charge in [-0.15, -0.1) is 24.0 Å². The summed E-state index contributed by atoms with van der Waals surface area (Å²) in [5, 5.41) is 11.7. The standard InChI is InChI=1S/C20H37N7.HI/c1-5-21-20(22-12-13-26(4)17-8-6-7-9-17)23-16-10-11-18-24-19(15(2)3)25-27(18)14-16;/h15-17H,5-14H2,1-4H3,(H2,21,22,23);1H. The van der Waals surface area contributed by atoms with Gasteiger partial charge in [-0.05, 0) is 33.2 Å². The first-order valence-corrected chi connectivity index (χ1v) is 10.8. The largest absolute Gasteiger partial charge is 0.357 e. The van der Waals surface area contributed by atoms with E-state index < -0.39 is 0 Å². The Morgan fingerprint density at radius 1 is 1.29 bits per heavy atom. The summed E-state index contributed by atoms with van der Waals surface area (Å²) in [6, 6.07) is 1.11. The van der Waals surface area contributed by atoms with Gasteiger partial charge in [-0.3, -0.25) is 4.99 Å². The maximum absolute atomic E-state index is 4.82. The Balaban J connectivity index is 0.00000280. The predicted molar refractivity (Wildman–Crippen MR) is 126 cm³/mol. The van der Waals surface area contributed by atoms with E-state index in [1.54, 1.807) is 0 Å². The van der Waals surface area contributed by atoms with Crippen LogP contribution in [0.4, 0.5) is 0 Å². The second-order valence-corrected chi connectivity index (χ2v) is 8.28. The Bertz CT molecular complexity index is 622. The maximum atomic E-state index is 4.82. The van der Waals surface area contributed by atoms with Crippen LogP contribution in [-0.2, 0) is 13.0 Å². The van der Waals surface area contributed by atoms with Crippen molar-refractivity contribution in [2.75, 3.05) is 26.7 Å². The van der Waals surface area contributed by atoms with E-state index in [9.17, 15) is 0 Å². The average Bonchev–Trinajstić information content (AvgIpc) is 3.31. The summed E-state index contributed by atoms with van der Waals surface area (Å²) in [5.41, 5.74) is 0. The lowest BCUT2D eigenvalue weighted by Gasteiger charge is -2.26. The molecule has 0 amide bonds. The molecule has 0 bridgehead atoms. The van der Waals surface area contributed by atoms with Crippen LogP contribution in [0.5, 0.6) is 0 Å². The molecule has 28 heavy (non-hydrogen) atoms. The number of hydrogen-bond donors (Lipinski definition) is 2. The van der Waals surface area contributed by atoms with Gasteiger partial charge in [-0.25, -0.2) is 9.67 Å². The highest BCUT2D eigenvalue weighted by molar-refractivity contribution is 14.0. The van der Waals surface area contributed by atoms with Crippen LogP contribution in [0.3, 0.4) is 0 Å². The molecule has 0 spiro atoms. The number of rotatable bonds is 7. The SMILES string of the molecule is CCNC(=NCCN(C)C1CCCC1)NC1CCc2nc(C(C)C)nn2C1.I. The summed E-state index contributed by atoms with van der Waals surface area (Å²) in [7, 11) is 2.24. The van der Waals surface area contributed by atoms with Crippen molar-refractivity contribution in [3.8, 4) is 0 Å². The van der Waals surface area contributed by atoms with Crippen molar-refractivity contribution in [3.63, 3.8) is 0 Å². The second kappa shape index (κ2) is 11.3. The molecular formula is C20H38IN7. The average molecular weight is 503 g/mol. The van der Waals surface area contributed by atoms with Crippen LogP contribution in [0.2, 0.25) is 0 Å². The normalized spacial score (nSPS) is 20.4. The van der Waals surface area contributed by atoms with Crippen LogP contribution < -0.4 is 10.6 Å². The molecule has 7 nitrogen and oxygen atoms in total. The molecule has 1 aromatic heterocycles. The molecule has 0 radical (unpaired) electrons. The summed E-state index contributed by atoms with van der Waals surface area (Å²) < 4.78 is 2.08. The molecule has 0 aromatic carbocycles. The summed E-state index contributed by atoms with van der Waals surface area (Å²) in [5.74, 6) is 3.39. The molecule has 160 valence electrons. The Labute approximate surface area is 187 Å². The van der Waals surface area contributed by atoms with Gasteiger partial charge in [0.15, 0.2) is 11.8 Å². The lowest BCUT2D eigenvalue weighted by Crippen LogP contribution is -2.47. The number of aromatic nitrogens is 3. The molecule has 1 atom stereocenters. The van der Waals surface area contributed by atoms with Crippen LogP contribution in [0, 0.1) is 0 Å². The zero-order valence-corrected chi connectivity index (χ0v) is 20.3. The van der Waals surface area contributed by atoms with E-state index in [0.717, 1.165) is 62.7 Å². The van der Waals surface area contributed by atoms with Gasteiger partial charge >= 0.3 is 0 Å². The minimum atomic E-state index is 0. The third-order valence-electron chi connectivity index (χ3n) is 5.75. The Morgan fingerprint density at radius 2 is 2.04 bits per heavy atom. The van der Waals surface area contributed by atoms with E-state index in [2.05, 4.69) is 58.1 Å². The molecule has 1 aliphatic heterocycles. The second-order valence-electron chi connectivity index (χ2n) is 8.28. The zero-order chi connectivity index (χ0) is 19.2. The molecule has 1 aromatic rings. The van der Waals surface area contributed by atoms with E-state index in [1.165, 1.54) is 25.7 Å². The van der Waals surface area contributed by atoms with Gasteiger partial charge in [0.2, 0.25) is 0 Å². The van der Waals surface area contributed by atoms with E-state index >= 15 is 0 Å². The number of halogens is 1. The Hall–Kier alpha value is -0.900. The fourth-order valence-electron chi connectivity index (χ4n) is 4.05. The van der Waals surface area contributed by atoms with Gasteiger partial charge in [0.25, 0.3) is 0 Å². The van der Waals surface area contributed by atoms with Gasteiger partial charge in [0, 0.05) is 37.5 Å². The monoisotopic (exact) mass is 503 g/mol. The number of likely N-dealkylation sites (N-methyl/N-ethyl adjacent to an activating group) is 1. The van der Waals surface area contributed by atoms with Gasteiger partial charge in [0.05, 0.1) is 13.1 Å². The molecule has 1 unspecified atom stereocenters. The van der Waals surface area contributed by atoms with Crippen LogP contribution in [-0.4, -0.2) is 64.4 Å². The summed E-state index contributed by atoms with van der Waals surface area (Å²) in [6.07, 6.45) is 7.50. The number of fused-ring (bicyclic) bond motifs is 1. The van der Waals surface area contributed by atoms with Gasteiger partial charge in [0.1, 0.15) is 5.82 Å². The predicted octanol–water partition coefficient (Wildman–Crippen LogP) is 2.76. The molecule has 2 N–H and O–H groups in total. The van der Waals surface area contributed by atoms with Crippen molar-refractivity contribution in [1.82, 2.24) is 30.3 Å². The maximum Gasteiger partial charge on any atom is 0.191 e. The summed E-state index contributed by atoms with van der Waals surface area (Å²) in [6.45, 7) is 10.0. The summed E-state index contributed by atoms with van der Waals surface area (Å²) in [4.78, 5) is 12.0. The lowest BCUT2D eigenvalue weighted by molar-refractivity contribution is 0.252. The smallest absolute Gasteiger partial charge is 0.191 e. The minimum Gasteiger partial charge on any atom is -0.357 e. The third-order valence-corrected chi connectivity index (χ3v) is 5.75. The molecule has 1 fully saturated rings. The van der Waals surface area contributed by atoms with Crippen molar-refractivity contribution in [1.29, 1.82) is 0 Å². The minimum absolute atomic E-state index is 0. The quantitative estimate of drug-likeness (QED) is 0.340. The number of aryl methyl sites for hydroxylation is 1. The van der Waals surface area contributed by atoms with Gasteiger partial charge < -0.3 is 15.5 Å². The number of nitrogens with one attached hydrogen (secondary N) is 2. The van der Waals surface area contributed by atoms with Gasteiger partial charge in [-0.1, -0.05) is 26.7 Å². The van der Waals surface area contributed by atoms with E-state index in [1.807, 2.05) is 0 Å². The highest BCUT2D eigenvalue weighted by Crippen LogP contribution is 2.22. The first-order chi connectivity index (χ1) is 13.1. The van der Waals surface area contributed by atoms with Crippen molar-refractivity contribution in [2.24, 2.45) is 4.99 Å². The van der Waals surface area contributed by atoms with E-state index in [0.29, 0.717) is 12.0 Å². The highest BCUT2D eigenvalue weighted by Gasteiger charge is 2.23. The lowest BCUT2D eigenvalue weighted by atomic mass is 10.1. The molecule has 0 saturated heterocycles. The molecule has 8 heteroatoms. The molecule has 1 saturated carbocycles. The van der Waals surface area contributed by atoms with Crippen molar-refractivity contribution < 1.29 is 0 Å². The Morgan fingerprint density at radius 3 is 2.71 bits per heavy atom. The molecule has 3 rings (SSSR count). The topological polar surface area (TPSA) is 70.4 Å². The number of nitrogens with zero attached hydrogens (tertiary/aromatic N) is 5.